The summed E-state index contributed by atoms with van der Waals surface area (Å²) in [6.45, 7) is 2.66. The minimum atomic E-state index is -0.731. The molecule has 0 aliphatic rings. The van der Waals surface area contributed by atoms with E-state index in [1.807, 2.05) is 13.0 Å². The van der Waals surface area contributed by atoms with Crippen LogP contribution in [0.25, 0.3) is 0 Å². The van der Waals surface area contributed by atoms with Crippen molar-refractivity contribution in [3.05, 3.63) is 65.2 Å². The first-order chi connectivity index (χ1) is 12.6. The lowest BCUT2D eigenvalue weighted by Gasteiger charge is -2.18. The summed E-state index contributed by atoms with van der Waals surface area (Å²) in [4.78, 5) is 0. The van der Waals surface area contributed by atoms with Crippen LogP contribution < -0.4 is 5.32 Å². The lowest BCUT2D eigenvalue weighted by Crippen LogP contribution is -2.32. The van der Waals surface area contributed by atoms with Gasteiger partial charge in [-0.05, 0) is 49.4 Å². The summed E-state index contributed by atoms with van der Waals surface area (Å²) in [5.74, 6) is 0.0311. The molecule has 5 heteroatoms. The molecule has 2 aromatic rings. The molecule has 142 valence electrons. The largest absolute Gasteiger partial charge is 0.508 e. The molecule has 2 aromatic carbocycles. The number of hydrogen-bond acceptors (Lipinski definition) is 5. The highest BCUT2D eigenvalue weighted by Crippen LogP contribution is 2.22. The second kappa shape index (κ2) is 10.9. The van der Waals surface area contributed by atoms with Gasteiger partial charge in [0.2, 0.25) is 0 Å². The topological polar surface area (TPSA) is 82.0 Å². The average Bonchev–Trinajstić information content (AvgIpc) is 2.67. The van der Waals surface area contributed by atoms with E-state index < -0.39 is 6.10 Å². The van der Waals surface area contributed by atoms with Gasteiger partial charge in [-0.25, -0.2) is 0 Å². The Hall–Kier alpha value is -1.92. The van der Waals surface area contributed by atoms with E-state index in [0.29, 0.717) is 24.3 Å². The summed E-state index contributed by atoms with van der Waals surface area (Å²) in [5, 5.41) is 32.1. The Labute approximate surface area is 155 Å². The number of aromatic hydroxyl groups is 1. The van der Waals surface area contributed by atoms with E-state index in [2.05, 4.69) is 29.6 Å². The van der Waals surface area contributed by atoms with Crippen molar-refractivity contribution in [1.29, 1.82) is 0 Å². The molecule has 0 amide bonds. The van der Waals surface area contributed by atoms with Crippen LogP contribution in [0.2, 0.25) is 0 Å². The first-order valence-corrected chi connectivity index (χ1v) is 9.09. The fourth-order valence-corrected chi connectivity index (χ4v) is 2.73. The van der Waals surface area contributed by atoms with Gasteiger partial charge in [-0.1, -0.05) is 36.4 Å². The number of aliphatic hydroxyl groups excluding tert-OH is 2. The number of hydrogen-bond donors (Lipinski definition) is 4. The van der Waals surface area contributed by atoms with E-state index in [1.165, 1.54) is 11.6 Å². The predicted molar refractivity (Wildman–Crippen MR) is 102 cm³/mol. The van der Waals surface area contributed by atoms with Crippen LogP contribution in [0.4, 0.5) is 0 Å². The van der Waals surface area contributed by atoms with Gasteiger partial charge >= 0.3 is 0 Å². The van der Waals surface area contributed by atoms with Crippen LogP contribution in [0.5, 0.6) is 5.75 Å². The molecule has 0 heterocycles. The number of phenols is 1. The summed E-state index contributed by atoms with van der Waals surface area (Å²) in [7, 11) is 0. The minimum absolute atomic E-state index is 0.0311. The maximum atomic E-state index is 10.2. The lowest BCUT2D eigenvalue weighted by molar-refractivity contribution is 0.0300. The van der Waals surface area contributed by atoms with Gasteiger partial charge < -0.3 is 20.1 Å². The number of nitrogens with one attached hydrogen (secondary N) is 1. The number of aryl methyl sites for hydroxylation is 1. The van der Waals surface area contributed by atoms with Crippen LogP contribution in [0.15, 0.2) is 48.5 Å². The van der Waals surface area contributed by atoms with Crippen LogP contribution in [0.1, 0.15) is 42.6 Å². The van der Waals surface area contributed by atoms with Crippen molar-refractivity contribution in [2.75, 3.05) is 13.2 Å². The Morgan fingerprint density at radius 1 is 1.08 bits per heavy atom. The third-order valence-corrected chi connectivity index (χ3v) is 4.33. The Kier molecular flexibility index (Phi) is 8.58. The molecule has 0 aliphatic heterocycles. The number of rotatable bonds is 11. The summed E-state index contributed by atoms with van der Waals surface area (Å²) in [5.41, 5.74) is 2.40. The molecule has 26 heavy (non-hydrogen) atoms. The number of aliphatic hydroxyl groups is 2. The molecule has 0 aliphatic carbocycles. The van der Waals surface area contributed by atoms with Gasteiger partial charge in [-0.2, -0.15) is 0 Å². The highest BCUT2D eigenvalue weighted by atomic mass is 16.5. The van der Waals surface area contributed by atoms with E-state index in [0.717, 1.165) is 19.3 Å². The molecule has 2 rings (SSSR count). The van der Waals surface area contributed by atoms with Gasteiger partial charge in [-0.15, -0.1) is 0 Å². The van der Waals surface area contributed by atoms with Crippen LogP contribution in [-0.2, 0) is 17.8 Å². The van der Waals surface area contributed by atoms with Crippen LogP contribution in [0.3, 0.4) is 0 Å². The van der Waals surface area contributed by atoms with Gasteiger partial charge in [0, 0.05) is 18.7 Å². The first-order valence-electron chi connectivity index (χ1n) is 9.09. The number of benzene rings is 2. The smallest absolute Gasteiger partial charge is 0.121 e. The SMILES string of the molecule is CC(NCC(O)c1ccc(O)c(CO)c1)OCCCCc1ccccc1. The number of unbranched alkanes of at least 4 members (excludes halogenated alkanes) is 1. The molecule has 2 unspecified atom stereocenters. The second-order valence-corrected chi connectivity index (χ2v) is 6.43. The third-order valence-electron chi connectivity index (χ3n) is 4.33. The first kappa shape index (κ1) is 20.4. The zero-order valence-electron chi connectivity index (χ0n) is 15.3. The second-order valence-electron chi connectivity index (χ2n) is 6.43. The minimum Gasteiger partial charge on any atom is -0.508 e. The van der Waals surface area contributed by atoms with Crippen LogP contribution >= 0.6 is 0 Å². The summed E-state index contributed by atoms with van der Waals surface area (Å²) >= 11 is 0. The number of ether oxygens (including phenoxy) is 1. The van der Waals surface area contributed by atoms with Crippen molar-refractivity contribution in [3.63, 3.8) is 0 Å². The quantitative estimate of drug-likeness (QED) is 0.366. The van der Waals surface area contributed by atoms with Crippen molar-refractivity contribution in [1.82, 2.24) is 5.32 Å². The Balaban J connectivity index is 1.62. The lowest BCUT2D eigenvalue weighted by atomic mass is 10.1. The normalized spacial score (nSPS) is 13.5. The van der Waals surface area contributed by atoms with E-state index >= 15 is 0 Å². The van der Waals surface area contributed by atoms with Crippen molar-refractivity contribution < 1.29 is 20.1 Å². The van der Waals surface area contributed by atoms with Crippen LogP contribution in [0, 0.1) is 0 Å². The maximum absolute atomic E-state index is 10.2. The summed E-state index contributed by atoms with van der Waals surface area (Å²) < 4.78 is 5.73. The molecule has 0 fully saturated rings. The molecule has 2 atom stereocenters. The fourth-order valence-electron chi connectivity index (χ4n) is 2.73. The molecule has 0 aromatic heterocycles. The Morgan fingerprint density at radius 2 is 1.85 bits per heavy atom. The Bertz CT molecular complexity index is 648. The van der Waals surface area contributed by atoms with Crippen molar-refractivity contribution >= 4 is 0 Å². The molecule has 0 saturated heterocycles. The standard InChI is InChI=1S/C21H29NO4/c1-16(26-12-6-5-9-17-7-3-2-4-8-17)22-14-21(25)18-10-11-20(24)19(13-18)15-23/h2-4,7-8,10-11,13,16,21-25H,5-6,9,12,14-15H2,1H3. The molecular weight excluding hydrogens is 330 g/mol. The predicted octanol–water partition coefficient (Wildman–Crippen LogP) is 2.89. The van der Waals surface area contributed by atoms with Crippen molar-refractivity contribution in [3.8, 4) is 5.75 Å². The van der Waals surface area contributed by atoms with Gasteiger partial charge in [0.05, 0.1) is 12.7 Å². The molecule has 0 radical (unpaired) electrons. The monoisotopic (exact) mass is 359 g/mol. The molecule has 5 nitrogen and oxygen atoms in total. The van der Waals surface area contributed by atoms with Crippen molar-refractivity contribution in [2.45, 2.75) is 45.1 Å². The van der Waals surface area contributed by atoms with Gasteiger partial charge in [0.15, 0.2) is 0 Å². The third kappa shape index (κ3) is 6.77. The molecule has 4 N–H and O–H groups in total. The van der Waals surface area contributed by atoms with Crippen LogP contribution in [-0.4, -0.2) is 34.7 Å². The average molecular weight is 359 g/mol. The molecule has 0 saturated carbocycles. The molecular formula is C21H29NO4. The summed E-state index contributed by atoms with van der Waals surface area (Å²) in [6, 6.07) is 15.2. The fraction of sp³-hybridized carbons (Fsp3) is 0.429. The van der Waals surface area contributed by atoms with E-state index in [9.17, 15) is 15.3 Å². The van der Waals surface area contributed by atoms with E-state index in [-0.39, 0.29) is 18.6 Å². The van der Waals surface area contributed by atoms with Gasteiger partial charge in [0.25, 0.3) is 0 Å². The van der Waals surface area contributed by atoms with E-state index in [1.54, 1.807) is 12.1 Å². The van der Waals surface area contributed by atoms with Gasteiger partial charge in [-0.3, -0.25) is 5.32 Å². The zero-order valence-corrected chi connectivity index (χ0v) is 15.3. The zero-order chi connectivity index (χ0) is 18.8. The molecule has 0 spiro atoms. The maximum Gasteiger partial charge on any atom is 0.121 e. The van der Waals surface area contributed by atoms with Gasteiger partial charge in [0.1, 0.15) is 12.0 Å². The highest BCUT2D eigenvalue weighted by Gasteiger charge is 2.12. The van der Waals surface area contributed by atoms with E-state index in [4.69, 9.17) is 4.74 Å². The van der Waals surface area contributed by atoms with Crippen molar-refractivity contribution in [2.24, 2.45) is 0 Å². The Morgan fingerprint density at radius 3 is 2.58 bits per heavy atom. The summed E-state index contributed by atoms with van der Waals surface area (Å²) in [6.07, 6.45) is 2.23. The molecule has 0 bridgehead atoms. The highest BCUT2D eigenvalue weighted by molar-refractivity contribution is 5.36.